The van der Waals surface area contributed by atoms with Gasteiger partial charge < -0.3 is 10.1 Å². The summed E-state index contributed by atoms with van der Waals surface area (Å²) in [4.78, 5) is 0. The molecular weight excluding hydrogens is 248 g/mol. The van der Waals surface area contributed by atoms with Crippen molar-refractivity contribution in [3.63, 3.8) is 0 Å². The van der Waals surface area contributed by atoms with Crippen LogP contribution in [0.1, 0.15) is 12.8 Å². The maximum Gasteiger partial charge on any atom is 0.174 e. The van der Waals surface area contributed by atoms with E-state index in [9.17, 15) is 4.21 Å². The molecule has 1 aromatic carbocycles. The molecule has 0 saturated carbocycles. The van der Waals surface area contributed by atoms with Crippen LogP contribution in [0, 0.1) is 11.3 Å². The largest absolute Gasteiger partial charge is 0.479 e. The highest BCUT2D eigenvalue weighted by atomic mass is 32.2. The number of anilines is 1. The summed E-state index contributed by atoms with van der Waals surface area (Å²) in [7, 11) is -0.617. The normalized spacial score (nSPS) is 23.1. The molecule has 1 aliphatic rings. The Balaban J connectivity index is 1.86. The minimum atomic E-state index is -0.617. The van der Waals surface area contributed by atoms with Crippen molar-refractivity contribution >= 4 is 16.5 Å². The molecule has 0 spiro atoms. The average molecular weight is 264 g/mol. The van der Waals surface area contributed by atoms with E-state index in [0.717, 1.165) is 30.0 Å². The standard InChI is InChI=1S/C13H16N2O2S/c14-7-8-17-13-3-1-11(2-4-13)15-12-5-9-18(16)10-6-12/h1-4,12,15H,5-6,8-10H2. The lowest BCUT2D eigenvalue weighted by Crippen LogP contribution is -2.29. The molecule has 0 amide bonds. The van der Waals surface area contributed by atoms with E-state index in [4.69, 9.17) is 10.00 Å². The Labute approximate surface area is 109 Å². The molecule has 18 heavy (non-hydrogen) atoms. The van der Waals surface area contributed by atoms with Crippen LogP contribution in [-0.2, 0) is 10.8 Å². The van der Waals surface area contributed by atoms with Gasteiger partial charge in [-0.25, -0.2) is 0 Å². The highest BCUT2D eigenvalue weighted by Gasteiger charge is 2.17. The van der Waals surface area contributed by atoms with Crippen molar-refractivity contribution in [2.75, 3.05) is 23.4 Å². The summed E-state index contributed by atoms with van der Waals surface area (Å²) < 4.78 is 16.4. The van der Waals surface area contributed by atoms with Crippen molar-refractivity contribution in [3.8, 4) is 11.8 Å². The van der Waals surface area contributed by atoms with E-state index >= 15 is 0 Å². The highest BCUT2D eigenvalue weighted by Crippen LogP contribution is 2.19. The lowest BCUT2D eigenvalue weighted by Gasteiger charge is -2.23. The molecule has 0 radical (unpaired) electrons. The van der Waals surface area contributed by atoms with Crippen molar-refractivity contribution in [2.45, 2.75) is 18.9 Å². The van der Waals surface area contributed by atoms with Crippen molar-refractivity contribution in [3.05, 3.63) is 24.3 Å². The minimum absolute atomic E-state index is 0.0706. The molecule has 1 fully saturated rings. The quantitative estimate of drug-likeness (QED) is 0.902. The summed E-state index contributed by atoms with van der Waals surface area (Å²) in [6.07, 6.45) is 1.92. The topological polar surface area (TPSA) is 62.1 Å². The van der Waals surface area contributed by atoms with E-state index in [2.05, 4.69) is 5.32 Å². The summed E-state index contributed by atoms with van der Waals surface area (Å²) >= 11 is 0. The number of hydrogen-bond acceptors (Lipinski definition) is 4. The van der Waals surface area contributed by atoms with Crippen LogP contribution in [0.25, 0.3) is 0 Å². The van der Waals surface area contributed by atoms with Gasteiger partial charge in [-0.05, 0) is 37.1 Å². The molecular formula is C13H16N2O2S. The maximum absolute atomic E-state index is 11.2. The third kappa shape index (κ3) is 3.74. The number of nitrogens with zero attached hydrogens (tertiary/aromatic N) is 1. The van der Waals surface area contributed by atoms with Crippen molar-refractivity contribution in [1.82, 2.24) is 0 Å². The zero-order chi connectivity index (χ0) is 12.8. The molecule has 0 bridgehead atoms. The second-order valence-electron chi connectivity index (χ2n) is 4.24. The molecule has 0 aliphatic carbocycles. The zero-order valence-electron chi connectivity index (χ0n) is 10.1. The fraction of sp³-hybridized carbons (Fsp3) is 0.462. The monoisotopic (exact) mass is 264 g/mol. The lowest BCUT2D eigenvalue weighted by molar-refractivity contribution is 0.368. The molecule has 1 N–H and O–H groups in total. The van der Waals surface area contributed by atoms with Gasteiger partial charge in [-0.2, -0.15) is 5.26 Å². The van der Waals surface area contributed by atoms with E-state index < -0.39 is 10.8 Å². The summed E-state index contributed by atoms with van der Waals surface area (Å²) in [5, 5.41) is 11.8. The molecule has 96 valence electrons. The highest BCUT2D eigenvalue weighted by molar-refractivity contribution is 7.85. The summed E-state index contributed by atoms with van der Waals surface area (Å²) in [6.45, 7) is 0.0706. The minimum Gasteiger partial charge on any atom is -0.479 e. The number of nitrogens with one attached hydrogen (secondary N) is 1. The Morgan fingerprint density at radius 2 is 2.00 bits per heavy atom. The number of hydrogen-bond donors (Lipinski definition) is 1. The lowest BCUT2D eigenvalue weighted by atomic mass is 10.1. The van der Waals surface area contributed by atoms with Gasteiger partial charge in [0.05, 0.1) is 0 Å². The first-order valence-electron chi connectivity index (χ1n) is 5.99. The first-order valence-corrected chi connectivity index (χ1v) is 7.48. The van der Waals surface area contributed by atoms with E-state index in [1.54, 1.807) is 0 Å². The molecule has 1 heterocycles. The van der Waals surface area contributed by atoms with Crippen molar-refractivity contribution < 1.29 is 8.95 Å². The van der Waals surface area contributed by atoms with Crippen LogP contribution in [0.3, 0.4) is 0 Å². The van der Waals surface area contributed by atoms with Crippen molar-refractivity contribution in [2.24, 2.45) is 0 Å². The van der Waals surface area contributed by atoms with Crippen LogP contribution in [0.5, 0.6) is 5.75 Å². The second kappa shape index (κ2) is 6.41. The van der Waals surface area contributed by atoms with Crippen LogP contribution in [0.15, 0.2) is 24.3 Å². The average Bonchev–Trinajstić information content (AvgIpc) is 2.41. The van der Waals surface area contributed by atoms with E-state index in [-0.39, 0.29) is 6.61 Å². The number of benzene rings is 1. The third-order valence-corrected chi connectivity index (χ3v) is 4.30. The predicted molar refractivity (Wildman–Crippen MR) is 72.1 cm³/mol. The molecule has 0 aromatic heterocycles. The molecule has 1 aliphatic heterocycles. The van der Waals surface area contributed by atoms with Gasteiger partial charge in [0.25, 0.3) is 0 Å². The van der Waals surface area contributed by atoms with Gasteiger partial charge >= 0.3 is 0 Å². The van der Waals surface area contributed by atoms with E-state index in [1.807, 2.05) is 30.3 Å². The molecule has 0 atom stereocenters. The molecule has 4 nitrogen and oxygen atoms in total. The van der Waals surface area contributed by atoms with Gasteiger partial charge in [-0.15, -0.1) is 0 Å². The maximum atomic E-state index is 11.2. The van der Waals surface area contributed by atoms with Gasteiger partial charge in [0, 0.05) is 34.0 Å². The Kier molecular flexibility index (Phi) is 4.59. The van der Waals surface area contributed by atoms with Gasteiger partial charge in [0.15, 0.2) is 6.61 Å². The van der Waals surface area contributed by atoms with Gasteiger partial charge in [-0.3, -0.25) is 4.21 Å². The van der Waals surface area contributed by atoms with E-state index in [1.165, 1.54) is 0 Å². The summed E-state index contributed by atoms with van der Waals surface area (Å²) in [5.74, 6) is 2.29. The zero-order valence-corrected chi connectivity index (χ0v) is 10.9. The second-order valence-corrected chi connectivity index (χ2v) is 5.93. The van der Waals surface area contributed by atoms with E-state index in [0.29, 0.717) is 11.8 Å². The molecule has 1 saturated heterocycles. The Hall–Kier alpha value is -1.54. The van der Waals surface area contributed by atoms with Gasteiger partial charge in [-0.1, -0.05) is 0 Å². The molecule has 0 unspecified atom stereocenters. The third-order valence-electron chi connectivity index (χ3n) is 2.92. The number of nitriles is 1. The van der Waals surface area contributed by atoms with Crippen LogP contribution in [0.2, 0.25) is 0 Å². The summed E-state index contributed by atoms with van der Waals surface area (Å²) in [5.41, 5.74) is 1.04. The number of ether oxygens (including phenoxy) is 1. The Morgan fingerprint density at radius 3 is 2.61 bits per heavy atom. The molecule has 1 aromatic rings. The molecule has 5 heteroatoms. The number of rotatable bonds is 4. The van der Waals surface area contributed by atoms with Crippen LogP contribution in [-0.4, -0.2) is 28.4 Å². The Morgan fingerprint density at radius 1 is 1.33 bits per heavy atom. The smallest absolute Gasteiger partial charge is 0.174 e. The van der Waals surface area contributed by atoms with Crippen LogP contribution in [0.4, 0.5) is 5.69 Å². The fourth-order valence-corrected chi connectivity index (χ4v) is 3.24. The first-order chi connectivity index (χ1) is 8.78. The van der Waals surface area contributed by atoms with Crippen LogP contribution < -0.4 is 10.1 Å². The predicted octanol–water partition coefficient (Wildman–Crippen LogP) is 1.91. The Bertz CT molecular complexity index is 443. The van der Waals surface area contributed by atoms with Gasteiger partial charge in [0.2, 0.25) is 0 Å². The van der Waals surface area contributed by atoms with Crippen LogP contribution >= 0.6 is 0 Å². The van der Waals surface area contributed by atoms with Gasteiger partial charge in [0.1, 0.15) is 11.8 Å². The fourth-order valence-electron chi connectivity index (χ4n) is 1.94. The SMILES string of the molecule is N#CCOc1ccc(NC2CCS(=O)CC2)cc1. The molecule has 2 rings (SSSR count). The first kappa shape index (κ1) is 12.9. The summed E-state index contributed by atoms with van der Waals surface area (Å²) in [6, 6.07) is 9.93. The van der Waals surface area contributed by atoms with Crippen molar-refractivity contribution in [1.29, 1.82) is 5.26 Å².